The summed E-state index contributed by atoms with van der Waals surface area (Å²) < 4.78 is 11.2. The minimum absolute atomic E-state index is 0.0133. The van der Waals surface area contributed by atoms with Gasteiger partial charge >= 0.3 is 5.97 Å². The summed E-state index contributed by atoms with van der Waals surface area (Å²) in [5.41, 5.74) is 1.68. The van der Waals surface area contributed by atoms with Crippen molar-refractivity contribution in [2.24, 2.45) is 11.8 Å². The molecule has 1 amide bonds. The van der Waals surface area contributed by atoms with Gasteiger partial charge in [-0.3, -0.25) is 14.5 Å². The largest absolute Gasteiger partial charge is 0.460 e. The lowest BCUT2D eigenvalue weighted by atomic mass is 9.73. The van der Waals surface area contributed by atoms with Crippen molar-refractivity contribution in [2.45, 2.75) is 70.6 Å². The first-order valence-electron chi connectivity index (χ1n) is 13.8. The van der Waals surface area contributed by atoms with Crippen molar-refractivity contribution in [2.75, 3.05) is 26.3 Å². The molecule has 2 aliphatic rings. The SMILES string of the molecule is CC(C[C@@H](c1ccc(Cl)cc1)N1CCOCC1)[C@@H]1NC(=O)[C@@H](CC(=O)OC(C)(C)C)C[C@@H]1c1cccc(Cl)c1. The highest BCUT2D eigenvalue weighted by Crippen LogP contribution is 2.40. The smallest absolute Gasteiger partial charge is 0.307 e. The van der Waals surface area contributed by atoms with Gasteiger partial charge in [-0.05, 0) is 74.9 Å². The predicted molar refractivity (Wildman–Crippen MR) is 155 cm³/mol. The molecule has 0 spiro atoms. The molecular weight excluding hydrogens is 535 g/mol. The molecule has 0 radical (unpaired) electrons. The van der Waals surface area contributed by atoms with Crippen LogP contribution in [0.5, 0.6) is 0 Å². The second-order valence-corrected chi connectivity index (χ2v) is 12.7. The van der Waals surface area contributed by atoms with Gasteiger partial charge < -0.3 is 14.8 Å². The Bertz CT molecular complexity index is 1130. The van der Waals surface area contributed by atoms with Crippen molar-refractivity contribution in [3.63, 3.8) is 0 Å². The predicted octanol–water partition coefficient (Wildman–Crippen LogP) is 6.41. The molecule has 5 atom stereocenters. The Morgan fingerprint density at radius 3 is 2.44 bits per heavy atom. The van der Waals surface area contributed by atoms with E-state index in [9.17, 15) is 9.59 Å². The molecule has 39 heavy (non-hydrogen) atoms. The number of nitrogens with one attached hydrogen (secondary N) is 1. The third kappa shape index (κ3) is 8.20. The van der Waals surface area contributed by atoms with Gasteiger partial charge in [-0.25, -0.2) is 0 Å². The fourth-order valence-corrected chi connectivity index (χ4v) is 6.22. The van der Waals surface area contributed by atoms with E-state index in [1.807, 2.05) is 51.1 Å². The fourth-order valence-electron chi connectivity index (χ4n) is 5.89. The van der Waals surface area contributed by atoms with E-state index in [2.05, 4.69) is 35.3 Å². The van der Waals surface area contributed by atoms with Crippen LogP contribution in [0.4, 0.5) is 0 Å². The second-order valence-electron chi connectivity index (χ2n) is 11.8. The first kappa shape index (κ1) is 29.9. The van der Waals surface area contributed by atoms with Crippen LogP contribution in [0.25, 0.3) is 0 Å². The first-order valence-corrected chi connectivity index (χ1v) is 14.6. The molecule has 1 N–H and O–H groups in total. The van der Waals surface area contributed by atoms with Gasteiger partial charge in [0.1, 0.15) is 5.60 Å². The highest BCUT2D eigenvalue weighted by atomic mass is 35.5. The molecule has 8 heteroatoms. The summed E-state index contributed by atoms with van der Waals surface area (Å²) in [6, 6.07) is 16.0. The molecule has 0 saturated carbocycles. The number of morpholine rings is 1. The van der Waals surface area contributed by atoms with Crippen LogP contribution in [0, 0.1) is 11.8 Å². The molecule has 2 aromatic rings. The van der Waals surface area contributed by atoms with E-state index in [-0.39, 0.29) is 42.2 Å². The van der Waals surface area contributed by atoms with Crippen LogP contribution in [0.3, 0.4) is 0 Å². The lowest BCUT2D eigenvalue weighted by molar-refractivity contribution is -0.158. The Hall–Kier alpha value is -2.12. The Kier molecular flexibility index (Phi) is 9.97. The van der Waals surface area contributed by atoms with E-state index >= 15 is 0 Å². The topological polar surface area (TPSA) is 67.9 Å². The number of hydrogen-bond donors (Lipinski definition) is 1. The second kappa shape index (κ2) is 13.0. The van der Waals surface area contributed by atoms with Crippen molar-refractivity contribution in [1.82, 2.24) is 10.2 Å². The average Bonchev–Trinajstić information content (AvgIpc) is 2.88. The number of benzene rings is 2. The molecule has 2 fully saturated rings. The summed E-state index contributed by atoms with van der Waals surface area (Å²) in [5.74, 6) is -0.749. The summed E-state index contributed by atoms with van der Waals surface area (Å²) >= 11 is 12.6. The molecule has 0 aliphatic carbocycles. The van der Waals surface area contributed by atoms with Crippen molar-refractivity contribution in [1.29, 1.82) is 0 Å². The summed E-state index contributed by atoms with van der Waals surface area (Å²) in [7, 11) is 0. The van der Waals surface area contributed by atoms with Crippen LogP contribution >= 0.6 is 23.2 Å². The van der Waals surface area contributed by atoms with Crippen molar-refractivity contribution >= 4 is 35.1 Å². The van der Waals surface area contributed by atoms with Crippen molar-refractivity contribution in [3.05, 3.63) is 69.7 Å². The van der Waals surface area contributed by atoms with Gasteiger partial charge in [-0.1, -0.05) is 54.4 Å². The van der Waals surface area contributed by atoms with Crippen LogP contribution in [0.1, 0.15) is 70.0 Å². The quantitative estimate of drug-likeness (QED) is 0.369. The maximum absolute atomic E-state index is 13.4. The van der Waals surface area contributed by atoms with Crippen LogP contribution in [-0.4, -0.2) is 54.7 Å². The normalized spacial score (nSPS) is 24.1. The Labute approximate surface area is 242 Å². The Morgan fingerprint density at radius 1 is 1.10 bits per heavy atom. The van der Waals surface area contributed by atoms with E-state index in [1.165, 1.54) is 5.56 Å². The van der Waals surface area contributed by atoms with Gasteiger partial charge in [-0.15, -0.1) is 0 Å². The van der Waals surface area contributed by atoms with E-state index in [4.69, 9.17) is 32.7 Å². The molecule has 2 saturated heterocycles. The number of piperidine rings is 1. The van der Waals surface area contributed by atoms with E-state index in [0.717, 1.165) is 25.1 Å². The lowest BCUT2D eigenvalue weighted by Crippen LogP contribution is -2.52. The van der Waals surface area contributed by atoms with Crippen molar-refractivity contribution in [3.8, 4) is 0 Å². The number of ether oxygens (including phenoxy) is 2. The van der Waals surface area contributed by atoms with Gasteiger partial charge in [-0.2, -0.15) is 0 Å². The maximum atomic E-state index is 13.4. The zero-order valence-corrected chi connectivity index (χ0v) is 24.8. The number of amides is 1. The van der Waals surface area contributed by atoms with Crippen molar-refractivity contribution < 1.29 is 19.1 Å². The third-order valence-corrected chi connectivity index (χ3v) is 8.20. The van der Waals surface area contributed by atoms with Crippen LogP contribution in [0.2, 0.25) is 10.0 Å². The van der Waals surface area contributed by atoms with Gasteiger partial charge in [0.2, 0.25) is 5.91 Å². The third-order valence-electron chi connectivity index (χ3n) is 7.71. The van der Waals surface area contributed by atoms with E-state index in [0.29, 0.717) is 29.7 Å². The number of halogens is 2. The number of rotatable bonds is 8. The molecular formula is C31H40Cl2N2O4. The molecule has 4 rings (SSSR count). The summed E-state index contributed by atoms with van der Waals surface area (Å²) in [6.07, 6.45) is 1.46. The number of carbonyl (C=O) groups is 2. The summed E-state index contributed by atoms with van der Waals surface area (Å²) in [4.78, 5) is 28.5. The molecule has 2 heterocycles. The van der Waals surface area contributed by atoms with Crippen LogP contribution in [0.15, 0.2) is 48.5 Å². The lowest BCUT2D eigenvalue weighted by Gasteiger charge is -2.42. The molecule has 0 bridgehead atoms. The number of nitrogens with zero attached hydrogens (tertiary/aromatic N) is 1. The number of carbonyl (C=O) groups excluding carboxylic acids is 2. The molecule has 2 aliphatic heterocycles. The molecule has 1 unspecified atom stereocenters. The van der Waals surface area contributed by atoms with Crippen LogP contribution < -0.4 is 5.32 Å². The molecule has 2 aromatic carbocycles. The van der Waals surface area contributed by atoms with E-state index < -0.39 is 11.5 Å². The maximum Gasteiger partial charge on any atom is 0.307 e. The number of hydrogen-bond acceptors (Lipinski definition) is 5. The fraction of sp³-hybridized carbons (Fsp3) is 0.548. The van der Waals surface area contributed by atoms with Gasteiger partial charge in [0, 0.05) is 47.1 Å². The Balaban J connectivity index is 1.58. The molecule has 212 valence electrons. The average molecular weight is 576 g/mol. The zero-order valence-electron chi connectivity index (χ0n) is 23.3. The summed E-state index contributed by atoms with van der Waals surface area (Å²) in [5, 5.41) is 4.69. The minimum atomic E-state index is -0.595. The van der Waals surface area contributed by atoms with Gasteiger partial charge in [0.15, 0.2) is 0 Å². The highest BCUT2D eigenvalue weighted by Gasteiger charge is 2.41. The molecule has 0 aromatic heterocycles. The standard InChI is InChI=1S/C31H40Cl2N2O4/c1-20(16-27(35-12-14-38-15-13-35)21-8-10-24(32)11-9-21)29-26(22-6-5-7-25(33)17-22)18-23(30(37)34-29)19-28(36)39-31(2,3)4/h5-11,17,20,23,26-27,29H,12-16,18-19H2,1-4H3,(H,34,37)/t20?,23-,26-,27+,29+/m1/s1. The highest BCUT2D eigenvalue weighted by molar-refractivity contribution is 6.30. The first-order chi connectivity index (χ1) is 18.5. The summed E-state index contributed by atoms with van der Waals surface area (Å²) in [6.45, 7) is 10.8. The van der Waals surface area contributed by atoms with Gasteiger partial charge in [0.05, 0.1) is 19.6 Å². The zero-order chi connectivity index (χ0) is 28.2. The Morgan fingerprint density at radius 2 is 1.79 bits per heavy atom. The minimum Gasteiger partial charge on any atom is -0.460 e. The number of esters is 1. The van der Waals surface area contributed by atoms with Crippen LogP contribution in [-0.2, 0) is 19.1 Å². The van der Waals surface area contributed by atoms with Gasteiger partial charge in [0.25, 0.3) is 0 Å². The molecule has 6 nitrogen and oxygen atoms in total. The monoisotopic (exact) mass is 574 g/mol. The van der Waals surface area contributed by atoms with E-state index in [1.54, 1.807) is 0 Å².